The Hall–Kier alpha value is -1.91. The molecule has 1 aromatic rings. The largest absolute Gasteiger partial charge is 0.479 e. The van der Waals surface area contributed by atoms with Crippen molar-refractivity contribution in [2.75, 3.05) is 6.79 Å². The molecule has 0 bridgehead atoms. The van der Waals surface area contributed by atoms with Crippen molar-refractivity contribution in [2.45, 2.75) is 19.4 Å². The van der Waals surface area contributed by atoms with Gasteiger partial charge in [-0.3, -0.25) is 0 Å². The van der Waals surface area contributed by atoms with Gasteiger partial charge in [0, 0.05) is 6.07 Å². The average molecular weight is 224 g/mol. The molecule has 2 rings (SSSR count). The van der Waals surface area contributed by atoms with Crippen LogP contribution in [0.15, 0.2) is 18.2 Å². The third kappa shape index (κ3) is 2.03. The van der Waals surface area contributed by atoms with Gasteiger partial charge in [0.25, 0.3) is 0 Å². The van der Waals surface area contributed by atoms with Crippen LogP contribution >= 0.6 is 0 Å². The molecule has 86 valence electrons. The summed E-state index contributed by atoms with van der Waals surface area (Å²) in [6, 6.07) is 5.00. The summed E-state index contributed by atoms with van der Waals surface area (Å²) >= 11 is 0. The molecule has 0 aliphatic carbocycles. The van der Waals surface area contributed by atoms with Crippen LogP contribution < -0.4 is 14.2 Å². The van der Waals surface area contributed by atoms with E-state index in [1.807, 2.05) is 0 Å². The van der Waals surface area contributed by atoms with Crippen molar-refractivity contribution in [3.8, 4) is 17.2 Å². The molecule has 1 aromatic carbocycles. The van der Waals surface area contributed by atoms with Gasteiger partial charge in [0.2, 0.25) is 6.79 Å². The van der Waals surface area contributed by atoms with Gasteiger partial charge in [0.05, 0.1) is 0 Å². The number of hydrogen-bond donors (Lipinski definition) is 1. The van der Waals surface area contributed by atoms with Crippen molar-refractivity contribution < 1.29 is 24.1 Å². The number of hydrogen-bond acceptors (Lipinski definition) is 4. The Labute approximate surface area is 92.5 Å². The summed E-state index contributed by atoms with van der Waals surface area (Å²) in [5.41, 5.74) is 0. The Morgan fingerprint density at radius 2 is 2.25 bits per heavy atom. The minimum atomic E-state index is -0.972. The van der Waals surface area contributed by atoms with E-state index in [0.29, 0.717) is 23.7 Å². The number of benzene rings is 1. The number of carboxylic acid groups (broad SMARTS) is 1. The highest BCUT2D eigenvalue weighted by Crippen LogP contribution is 2.35. The highest BCUT2D eigenvalue weighted by molar-refractivity contribution is 5.72. The SMILES string of the molecule is CCC(Oc1ccc2c(c1)OCO2)C(=O)O. The number of fused-ring (bicyclic) bond motifs is 1. The second-order valence-corrected chi connectivity index (χ2v) is 3.37. The van der Waals surface area contributed by atoms with Gasteiger partial charge in [-0.1, -0.05) is 6.92 Å². The molecule has 1 aliphatic heterocycles. The van der Waals surface area contributed by atoms with Gasteiger partial charge in [0.15, 0.2) is 17.6 Å². The maximum Gasteiger partial charge on any atom is 0.344 e. The third-order valence-corrected chi connectivity index (χ3v) is 2.27. The van der Waals surface area contributed by atoms with Crippen LogP contribution in [0.1, 0.15) is 13.3 Å². The predicted molar refractivity (Wildman–Crippen MR) is 54.9 cm³/mol. The maximum absolute atomic E-state index is 10.8. The molecule has 1 atom stereocenters. The zero-order valence-electron chi connectivity index (χ0n) is 8.80. The minimum Gasteiger partial charge on any atom is -0.479 e. The zero-order chi connectivity index (χ0) is 11.5. The Balaban J connectivity index is 2.13. The summed E-state index contributed by atoms with van der Waals surface area (Å²) in [5, 5.41) is 8.85. The number of ether oxygens (including phenoxy) is 3. The zero-order valence-corrected chi connectivity index (χ0v) is 8.80. The normalized spacial score (nSPS) is 14.6. The monoisotopic (exact) mass is 224 g/mol. The Morgan fingerprint density at radius 1 is 1.50 bits per heavy atom. The Kier molecular flexibility index (Phi) is 2.85. The smallest absolute Gasteiger partial charge is 0.344 e. The summed E-state index contributed by atoms with van der Waals surface area (Å²) < 4.78 is 15.6. The van der Waals surface area contributed by atoms with Gasteiger partial charge >= 0.3 is 5.97 Å². The van der Waals surface area contributed by atoms with Crippen LogP contribution in [0.4, 0.5) is 0 Å². The number of carbonyl (C=O) groups is 1. The van der Waals surface area contributed by atoms with Gasteiger partial charge < -0.3 is 19.3 Å². The van der Waals surface area contributed by atoms with Gasteiger partial charge in [-0.15, -0.1) is 0 Å². The fraction of sp³-hybridized carbons (Fsp3) is 0.364. The van der Waals surface area contributed by atoms with E-state index in [4.69, 9.17) is 19.3 Å². The molecule has 1 N–H and O–H groups in total. The molecular formula is C11H12O5. The first kappa shape index (κ1) is 10.6. The van der Waals surface area contributed by atoms with Gasteiger partial charge in [-0.25, -0.2) is 4.79 Å². The Bertz CT molecular complexity index is 401. The maximum atomic E-state index is 10.8. The van der Waals surface area contributed by atoms with Crippen LogP contribution in [0.25, 0.3) is 0 Å². The highest BCUT2D eigenvalue weighted by Gasteiger charge is 2.19. The molecule has 1 heterocycles. The lowest BCUT2D eigenvalue weighted by Gasteiger charge is -2.13. The summed E-state index contributed by atoms with van der Waals surface area (Å²) in [4.78, 5) is 10.8. The van der Waals surface area contributed by atoms with E-state index in [-0.39, 0.29) is 6.79 Å². The third-order valence-electron chi connectivity index (χ3n) is 2.27. The highest BCUT2D eigenvalue weighted by atomic mass is 16.7. The fourth-order valence-corrected chi connectivity index (χ4v) is 1.42. The molecular weight excluding hydrogens is 212 g/mol. The van der Waals surface area contributed by atoms with Crippen molar-refractivity contribution in [1.82, 2.24) is 0 Å². The first-order valence-corrected chi connectivity index (χ1v) is 5.00. The van der Waals surface area contributed by atoms with Crippen LogP contribution in [0.5, 0.6) is 17.2 Å². The average Bonchev–Trinajstić information content (AvgIpc) is 2.72. The number of rotatable bonds is 4. The molecule has 1 aliphatic rings. The van der Waals surface area contributed by atoms with E-state index in [1.54, 1.807) is 25.1 Å². The first-order chi connectivity index (χ1) is 7.70. The lowest BCUT2D eigenvalue weighted by Crippen LogP contribution is -2.25. The minimum absolute atomic E-state index is 0.189. The van der Waals surface area contributed by atoms with Crippen LogP contribution in [0, 0.1) is 0 Å². The standard InChI is InChI=1S/C11H12O5/c1-2-8(11(12)13)16-7-3-4-9-10(5-7)15-6-14-9/h3-5,8H,2,6H2,1H3,(H,12,13). The van der Waals surface area contributed by atoms with Crippen molar-refractivity contribution >= 4 is 5.97 Å². The number of carboxylic acids is 1. The predicted octanol–water partition coefficient (Wildman–Crippen LogP) is 1.66. The van der Waals surface area contributed by atoms with Crippen LogP contribution in [0.3, 0.4) is 0 Å². The molecule has 0 spiro atoms. The molecule has 16 heavy (non-hydrogen) atoms. The lowest BCUT2D eigenvalue weighted by atomic mass is 10.2. The van der Waals surface area contributed by atoms with E-state index >= 15 is 0 Å². The van der Waals surface area contributed by atoms with Crippen LogP contribution in [-0.4, -0.2) is 24.0 Å². The van der Waals surface area contributed by atoms with E-state index in [9.17, 15) is 4.79 Å². The molecule has 0 saturated heterocycles. The second kappa shape index (κ2) is 4.30. The molecule has 5 nitrogen and oxygen atoms in total. The molecule has 1 unspecified atom stereocenters. The lowest BCUT2D eigenvalue weighted by molar-refractivity contribution is -0.145. The first-order valence-electron chi connectivity index (χ1n) is 5.00. The fourth-order valence-electron chi connectivity index (χ4n) is 1.42. The van der Waals surface area contributed by atoms with Crippen molar-refractivity contribution in [3.63, 3.8) is 0 Å². The topological polar surface area (TPSA) is 65.0 Å². The van der Waals surface area contributed by atoms with Crippen molar-refractivity contribution in [1.29, 1.82) is 0 Å². The molecule has 0 saturated carbocycles. The van der Waals surface area contributed by atoms with E-state index in [2.05, 4.69) is 0 Å². The van der Waals surface area contributed by atoms with E-state index in [1.165, 1.54) is 0 Å². The Morgan fingerprint density at radius 3 is 2.94 bits per heavy atom. The second-order valence-electron chi connectivity index (χ2n) is 3.37. The van der Waals surface area contributed by atoms with E-state index < -0.39 is 12.1 Å². The van der Waals surface area contributed by atoms with Gasteiger partial charge in [-0.05, 0) is 18.6 Å². The van der Waals surface area contributed by atoms with Crippen molar-refractivity contribution in [2.24, 2.45) is 0 Å². The summed E-state index contributed by atoms with van der Waals surface area (Å²) in [5.74, 6) is 0.729. The number of aliphatic carboxylic acids is 1. The molecule has 0 fully saturated rings. The van der Waals surface area contributed by atoms with Crippen molar-refractivity contribution in [3.05, 3.63) is 18.2 Å². The molecule has 0 aromatic heterocycles. The molecule has 0 radical (unpaired) electrons. The summed E-state index contributed by atoms with van der Waals surface area (Å²) in [7, 11) is 0. The van der Waals surface area contributed by atoms with Crippen LogP contribution in [0.2, 0.25) is 0 Å². The summed E-state index contributed by atoms with van der Waals surface area (Å²) in [6.45, 7) is 1.95. The van der Waals surface area contributed by atoms with Gasteiger partial charge in [0.1, 0.15) is 5.75 Å². The van der Waals surface area contributed by atoms with Crippen LogP contribution in [-0.2, 0) is 4.79 Å². The summed E-state index contributed by atoms with van der Waals surface area (Å²) in [6.07, 6.45) is -0.426. The molecule has 0 amide bonds. The van der Waals surface area contributed by atoms with E-state index in [0.717, 1.165) is 0 Å². The quantitative estimate of drug-likeness (QED) is 0.842. The van der Waals surface area contributed by atoms with Gasteiger partial charge in [-0.2, -0.15) is 0 Å². The molecule has 5 heteroatoms.